The van der Waals surface area contributed by atoms with Crippen LogP contribution >= 0.6 is 0 Å². The third-order valence-corrected chi connectivity index (χ3v) is 4.31. The average Bonchev–Trinajstić information content (AvgIpc) is 2.74. The highest BCUT2D eigenvalue weighted by Crippen LogP contribution is 2.33. The number of nitrogens with zero attached hydrogens (tertiary/aromatic N) is 3. The lowest BCUT2D eigenvalue weighted by molar-refractivity contribution is 0.0779. The van der Waals surface area contributed by atoms with Gasteiger partial charge in [-0.1, -0.05) is 30.3 Å². The van der Waals surface area contributed by atoms with E-state index in [0.29, 0.717) is 37.0 Å². The van der Waals surface area contributed by atoms with Gasteiger partial charge in [0.15, 0.2) is 11.5 Å². The Labute approximate surface area is 163 Å². The van der Waals surface area contributed by atoms with Crippen molar-refractivity contribution in [2.45, 2.75) is 6.54 Å². The molecule has 1 aliphatic heterocycles. The van der Waals surface area contributed by atoms with Crippen LogP contribution in [0, 0.1) is 0 Å². The lowest BCUT2D eigenvalue weighted by Gasteiger charge is -2.19. The Bertz CT molecular complexity index is 978. The van der Waals surface area contributed by atoms with Crippen LogP contribution in [0.25, 0.3) is 0 Å². The summed E-state index contributed by atoms with van der Waals surface area (Å²) in [5.41, 5.74) is 2.18. The van der Waals surface area contributed by atoms with Crippen molar-refractivity contribution in [3.63, 3.8) is 0 Å². The molecule has 0 fully saturated rings. The first-order valence-corrected chi connectivity index (χ1v) is 8.97. The number of nitrogens with one attached hydrogen (secondary N) is 1. The van der Waals surface area contributed by atoms with Crippen molar-refractivity contribution < 1.29 is 14.3 Å². The first-order chi connectivity index (χ1) is 13.7. The van der Waals surface area contributed by atoms with Crippen LogP contribution in [0.3, 0.4) is 0 Å². The molecule has 0 unspecified atom stereocenters. The zero-order valence-electron chi connectivity index (χ0n) is 15.5. The van der Waals surface area contributed by atoms with Gasteiger partial charge in [0.25, 0.3) is 5.91 Å². The summed E-state index contributed by atoms with van der Waals surface area (Å²) in [5.74, 6) is 1.77. The van der Waals surface area contributed by atoms with Crippen molar-refractivity contribution in [1.29, 1.82) is 0 Å². The predicted molar refractivity (Wildman–Crippen MR) is 105 cm³/mol. The van der Waals surface area contributed by atoms with Gasteiger partial charge in [0, 0.05) is 31.4 Å². The summed E-state index contributed by atoms with van der Waals surface area (Å²) in [6.07, 6.45) is 1.38. The molecule has 7 heteroatoms. The molecule has 2 aromatic carbocycles. The molecule has 2 heterocycles. The van der Waals surface area contributed by atoms with E-state index in [9.17, 15) is 4.79 Å². The minimum atomic E-state index is -0.170. The van der Waals surface area contributed by atoms with Gasteiger partial charge in [-0.2, -0.15) is 0 Å². The molecule has 0 saturated heterocycles. The van der Waals surface area contributed by atoms with Crippen LogP contribution in [-0.4, -0.2) is 41.0 Å². The molecular formula is C21H20N4O3. The van der Waals surface area contributed by atoms with Crippen LogP contribution in [0.2, 0.25) is 0 Å². The van der Waals surface area contributed by atoms with Gasteiger partial charge in [-0.05, 0) is 17.7 Å². The SMILES string of the molecule is CN(Cc1ccccc1)C(=O)c1cc(Nc2ccc3c(c2)OCCO3)ncn1. The molecular weight excluding hydrogens is 356 g/mol. The van der Waals surface area contributed by atoms with Gasteiger partial charge in [0.2, 0.25) is 0 Å². The Hall–Kier alpha value is -3.61. The highest BCUT2D eigenvalue weighted by Gasteiger charge is 2.15. The molecule has 1 aromatic heterocycles. The zero-order chi connectivity index (χ0) is 19.3. The summed E-state index contributed by atoms with van der Waals surface area (Å²) in [4.78, 5) is 22.7. The maximum Gasteiger partial charge on any atom is 0.272 e. The smallest absolute Gasteiger partial charge is 0.272 e. The second-order valence-electron chi connectivity index (χ2n) is 6.42. The molecule has 0 spiro atoms. The van der Waals surface area contributed by atoms with E-state index in [1.807, 2.05) is 48.5 Å². The Morgan fingerprint density at radius 1 is 1.04 bits per heavy atom. The van der Waals surface area contributed by atoms with E-state index in [2.05, 4.69) is 15.3 Å². The third-order valence-electron chi connectivity index (χ3n) is 4.31. The first-order valence-electron chi connectivity index (χ1n) is 8.97. The minimum Gasteiger partial charge on any atom is -0.486 e. The summed E-state index contributed by atoms with van der Waals surface area (Å²) >= 11 is 0. The second kappa shape index (κ2) is 7.96. The van der Waals surface area contributed by atoms with Gasteiger partial charge in [0.05, 0.1) is 0 Å². The maximum absolute atomic E-state index is 12.7. The molecule has 7 nitrogen and oxygen atoms in total. The summed E-state index contributed by atoms with van der Waals surface area (Å²) in [7, 11) is 1.76. The monoisotopic (exact) mass is 376 g/mol. The van der Waals surface area contributed by atoms with Crippen molar-refractivity contribution in [2.24, 2.45) is 0 Å². The molecule has 1 amide bonds. The van der Waals surface area contributed by atoms with Gasteiger partial charge in [-0.3, -0.25) is 4.79 Å². The molecule has 4 rings (SSSR count). The van der Waals surface area contributed by atoms with E-state index in [-0.39, 0.29) is 5.91 Å². The topological polar surface area (TPSA) is 76.6 Å². The lowest BCUT2D eigenvalue weighted by Crippen LogP contribution is -2.27. The van der Waals surface area contributed by atoms with E-state index in [1.54, 1.807) is 18.0 Å². The number of carbonyl (C=O) groups is 1. The number of amides is 1. The maximum atomic E-state index is 12.7. The predicted octanol–water partition coefficient (Wildman–Crippen LogP) is 3.26. The number of ether oxygens (including phenoxy) is 2. The Balaban J connectivity index is 1.47. The van der Waals surface area contributed by atoms with Gasteiger partial charge < -0.3 is 19.7 Å². The second-order valence-corrected chi connectivity index (χ2v) is 6.42. The fourth-order valence-corrected chi connectivity index (χ4v) is 2.94. The number of fused-ring (bicyclic) bond motifs is 1. The van der Waals surface area contributed by atoms with Crippen molar-refractivity contribution in [3.05, 3.63) is 72.2 Å². The first kappa shape index (κ1) is 17.8. The van der Waals surface area contributed by atoms with Gasteiger partial charge >= 0.3 is 0 Å². The van der Waals surface area contributed by atoms with Crippen LogP contribution < -0.4 is 14.8 Å². The van der Waals surface area contributed by atoms with Crippen molar-refractivity contribution in [2.75, 3.05) is 25.6 Å². The molecule has 1 N–H and O–H groups in total. The number of aromatic nitrogens is 2. The van der Waals surface area contributed by atoms with Crippen molar-refractivity contribution in [1.82, 2.24) is 14.9 Å². The summed E-state index contributed by atoms with van der Waals surface area (Å²) in [6, 6.07) is 17.0. The number of hydrogen-bond acceptors (Lipinski definition) is 6. The molecule has 0 radical (unpaired) electrons. The normalized spacial score (nSPS) is 12.3. The number of carbonyl (C=O) groups excluding carboxylic acids is 1. The number of benzene rings is 2. The van der Waals surface area contributed by atoms with E-state index >= 15 is 0 Å². The standard InChI is InChI=1S/C21H20N4O3/c1-25(13-15-5-3-2-4-6-15)21(26)17-12-20(23-14-22-17)24-16-7-8-18-19(11-16)28-10-9-27-18/h2-8,11-12,14H,9-10,13H2,1H3,(H,22,23,24). The fourth-order valence-electron chi connectivity index (χ4n) is 2.94. The third kappa shape index (κ3) is 4.03. The van der Waals surface area contributed by atoms with Crippen LogP contribution in [0.4, 0.5) is 11.5 Å². The quantitative estimate of drug-likeness (QED) is 0.737. The zero-order valence-corrected chi connectivity index (χ0v) is 15.5. The molecule has 0 aliphatic carbocycles. The van der Waals surface area contributed by atoms with E-state index in [0.717, 1.165) is 17.0 Å². The van der Waals surface area contributed by atoms with Crippen molar-refractivity contribution in [3.8, 4) is 11.5 Å². The number of hydrogen-bond donors (Lipinski definition) is 1. The average molecular weight is 376 g/mol. The lowest BCUT2D eigenvalue weighted by atomic mass is 10.2. The Kier molecular flexibility index (Phi) is 5.05. The largest absolute Gasteiger partial charge is 0.486 e. The molecule has 142 valence electrons. The molecule has 1 aliphatic rings. The van der Waals surface area contributed by atoms with E-state index < -0.39 is 0 Å². The van der Waals surface area contributed by atoms with Gasteiger partial charge in [0.1, 0.15) is 31.1 Å². The summed E-state index contributed by atoms with van der Waals surface area (Å²) < 4.78 is 11.1. The van der Waals surface area contributed by atoms with E-state index in [1.165, 1.54) is 6.33 Å². The van der Waals surface area contributed by atoms with Crippen LogP contribution in [0.1, 0.15) is 16.1 Å². The Morgan fingerprint density at radius 2 is 1.82 bits per heavy atom. The Morgan fingerprint density at radius 3 is 2.64 bits per heavy atom. The van der Waals surface area contributed by atoms with E-state index in [4.69, 9.17) is 9.47 Å². The highest BCUT2D eigenvalue weighted by atomic mass is 16.6. The molecule has 28 heavy (non-hydrogen) atoms. The highest BCUT2D eigenvalue weighted by molar-refractivity contribution is 5.92. The molecule has 0 saturated carbocycles. The van der Waals surface area contributed by atoms with Gasteiger partial charge in [-0.25, -0.2) is 9.97 Å². The number of rotatable bonds is 5. The van der Waals surface area contributed by atoms with Crippen LogP contribution in [-0.2, 0) is 6.54 Å². The summed E-state index contributed by atoms with van der Waals surface area (Å²) in [6.45, 7) is 1.58. The minimum absolute atomic E-state index is 0.170. The number of anilines is 2. The molecule has 0 atom stereocenters. The van der Waals surface area contributed by atoms with Crippen LogP contribution in [0.5, 0.6) is 11.5 Å². The van der Waals surface area contributed by atoms with Crippen molar-refractivity contribution >= 4 is 17.4 Å². The van der Waals surface area contributed by atoms with Crippen LogP contribution in [0.15, 0.2) is 60.9 Å². The summed E-state index contributed by atoms with van der Waals surface area (Å²) in [5, 5.41) is 3.18. The molecule has 3 aromatic rings. The van der Waals surface area contributed by atoms with Gasteiger partial charge in [-0.15, -0.1) is 0 Å². The fraction of sp³-hybridized carbons (Fsp3) is 0.190. The molecule has 0 bridgehead atoms.